The molecule has 2 aromatic heterocycles. The van der Waals surface area contributed by atoms with E-state index in [0.29, 0.717) is 40.6 Å². The number of aryl methyl sites for hydroxylation is 1. The summed E-state index contributed by atoms with van der Waals surface area (Å²) in [6, 6.07) is 10.9. The summed E-state index contributed by atoms with van der Waals surface area (Å²) >= 11 is 0. The number of hydrogen-bond acceptors (Lipinski definition) is 4. The number of anilines is 1. The zero-order valence-corrected chi connectivity index (χ0v) is 20.9. The third kappa shape index (κ3) is 6.39. The molecule has 0 bridgehead atoms. The maximum atomic E-state index is 14.1. The van der Waals surface area contributed by atoms with Crippen molar-refractivity contribution >= 4 is 29.6 Å². The number of imidazole rings is 1. The summed E-state index contributed by atoms with van der Waals surface area (Å²) in [6.45, 7) is 7.69. The van der Waals surface area contributed by atoms with Crippen molar-refractivity contribution < 1.29 is 9.18 Å². The van der Waals surface area contributed by atoms with Gasteiger partial charge >= 0.3 is 0 Å². The molecular weight excluding hydrogens is 453 g/mol. The minimum absolute atomic E-state index is 0.249. The van der Waals surface area contributed by atoms with Crippen LogP contribution in [0.1, 0.15) is 54.6 Å². The Kier molecular flexibility index (Phi) is 9.00. The van der Waals surface area contributed by atoms with Gasteiger partial charge in [0.1, 0.15) is 17.5 Å². The van der Waals surface area contributed by atoms with Crippen molar-refractivity contribution in [2.45, 2.75) is 34.1 Å². The quantitative estimate of drug-likeness (QED) is 0.321. The van der Waals surface area contributed by atoms with Crippen LogP contribution in [-0.2, 0) is 0 Å². The van der Waals surface area contributed by atoms with Gasteiger partial charge in [-0.15, -0.1) is 0 Å². The number of aromatic nitrogens is 3. The number of amides is 1. The lowest BCUT2D eigenvalue weighted by Crippen LogP contribution is -2.13. The van der Waals surface area contributed by atoms with Crippen LogP contribution in [0.25, 0.3) is 22.9 Å². The third-order valence-corrected chi connectivity index (χ3v) is 5.36. The molecule has 3 N–H and O–H groups in total. The predicted octanol–water partition coefficient (Wildman–Crippen LogP) is 7.31. The highest BCUT2D eigenvalue weighted by atomic mass is 19.1. The van der Waals surface area contributed by atoms with E-state index in [1.165, 1.54) is 12.3 Å². The van der Waals surface area contributed by atoms with Crippen molar-refractivity contribution in [3.63, 3.8) is 0 Å². The molecule has 1 aliphatic rings. The number of allylic oxidation sites excluding steroid dienone is 7. The summed E-state index contributed by atoms with van der Waals surface area (Å²) in [6.07, 6.45) is 11.6. The first-order chi connectivity index (χ1) is 17.4. The van der Waals surface area contributed by atoms with Gasteiger partial charge in [-0.1, -0.05) is 43.7 Å². The Morgan fingerprint density at radius 1 is 1.17 bits per heavy atom. The van der Waals surface area contributed by atoms with Crippen molar-refractivity contribution in [3.05, 3.63) is 101 Å². The van der Waals surface area contributed by atoms with Crippen LogP contribution in [0.4, 0.5) is 10.2 Å². The number of carbonyl (C=O) groups excluding carboxylic acids is 1. The van der Waals surface area contributed by atoms with Crippen LogP contribution in [0, 0.1) is 12.3 Å². The molecule has 0 saturated heterocycles. The Labute approximate surface area is 210 Å². The Morgan fingerprint density at radius 3 is 2.72 bits per heavy atom. The van der Waals surface area contributed by atoms with Crippen LogP contribution < -0.4 is 5.32 Å². The number of rotatable bonds is 6. The molecule has 7 heteroatoms. The van der Waals surface area contributed by atoms with Crippen LogP contribution in [0.5, 0.6) is 0 Å². The maximum Gasteiger partial charge on any atom is 0.256 e. The van der Waals surface area contributed by atoms with Crippen molar-refractivity contribution in [2.75, 3.05) is 5.32 Å². The van der Waals surface area contributed by atoms with E-state index in [2.05, 4.69) is 20.3 Å². The van der Waals surface area contributed by atoms with Crippen LogP contribution in [0.15, 0.2) is 78.3 Å². The predicted molar refractivity (Wildman–Crippen MR) is 146 cm³/mol. The number of aromatic amines is 1. The number of carbonyl (C=O) groups is 1. The number of nitrogens with zero attached hydrogens (tertiary/aromatic N) is 2. The molecule has 0 saturated carbocycles. The Bertz CT molecular complexity index is 1380. The lowest BCUT2D eigenvalue weighted by Gasteiger charge is -2.08. The van der Waals surface area contributed by atoms with Gasteiger partial charge in [0.25, 0.3) is 5.91 Å². The average Bonchev–Trinajstić information content (AvgIpc) is 3.24. The molecule has 184 valence electrons. The maximum absolute atomic E-state index is 14.1. The number of H-pyrrole nitrogens is 1. The first kappa shape index (κ1) is 26.2. The molecule has 36 heavy (non-hydrogen) atoms. The van der Waals surface area contributed by atoms with E-state index in [0.717, 1.165) is 16.7 Å². The lowest BCUT2D eigenvalue weighted by atomic mass is 10.0. The van der Waals surface area contributed by atoms with Gasteiger partial charge in [0.15, 0.2) is 0 Å². The molecule has 0 aliphatic heterocycles. The van der Waals surface area contributed by atoms with Crippen molar-refractivity contribution in [3.8, 4) is 11.3 Å². The Hall–Kier alpha value is -4.39. The molecule has 0 fully saturated rings. The summed E-state index contributed by atoms with van der Waals surface area (Å²) in [7, 11) is 0. The van der Waals surface area contributed by atoms with E-state index in [1.54, 1.807) is 49.5 Å². The number of pyridine rings is 1. The summed E-state index contributed by atoms with van der Waals surface area (Å²) in [5.74, 6) is 0.445. The molecule has 0 radical (unpaired) electrons. The summed E-state index contributed by atoms with van der Waals surface area (Å²) < 4.78 is 14.1. The van der Waals surface area contributed by atoms with Crippen LogP contribution in [0.2, 0.25) is 0 Å². The Balaban J connectivity index is 0.00000176. The molecule has 1 aliphatic carbocycles. The highest BCUT2D eigenvalue weighted by molar-refractivity contribution is 6.04. The molecule has 0 unspecified atom stereocenters. The minimum atomic E-state index is -0.253. The van der Waals surface area contributed by atoms with Crippen LogP contribution >= 0.6 is 0 Å². The SMILES string of the molecule is CC.CC1=C(F)C=CC(c2[nH]c(/C=C\C=N)nc2-c2ccnc(NC(=O)c3cccc(C)c3)c2)=CC1. The monoisotopic (exact) mass is 483 g/mol. The van der Waals surface area contributed by atoms with Crippen molar-refractivity contribution in [1.29, 1.82) is 5.41 Å². The second kappa shape index (κ2) is 12.4. The van der Waals surface area contributed by atoms with Crippen molar-refractivity contribution in [1.82, 2.24) is 15.0 Å². The lowest BCUT2D eigenvalue weighted by molar-refractivity contribution is 0.102. The van der Waals surface area contributed by atoms with Gasteiger partial charge in [-0.3, -0.25) is 4.79 Å². The normalized spacial score (nSPS) is 13.1. The number of nitrogens with one attached hydrogen (secondary N) is 3. The highest BCUT2D eigenvalue weighted by Gasteiger charge is 2.17. The largest absolute Gasteiger partial charge is 0.338 e. The number of benzene rings is 1. The van der Waals surface area contributed by atoms with E-state index in [1.807, 2.05) is 45.0 Å². The number of halogens is 1. The molecular formula is C29H30FN5O. The van der Waals surface area contributed by atoms with E-state index in [9.17, 15) is 9.18 Å². The van der Waals surface area contributed by atoms with Crippen molar-refractivity contribution in [2.24, 2.45) is 0 Å². The van der Waals surface area contributed by atoms with Gasteiger partial charge in [-0.2, -0.15) is 0 Å². The topological polar surface area (TPSA) is 94.5 Å². The summed E-state index contributed by atoms with van der Waals surface area (Å²) in [5, 5.41) is 10.1. The fraction of sp³-hybridized carbons (Fsp3) is 0.172. The molecule has 2 heterocycles. The standard InChI is InChI=1S/C27H24FN5O.C2H6/c1-17-5-3-6-21(15-17)27(34)33-24-16-20(12-14-30-24)26-25(31-23(32-26)7-4-13-29)19-9-8-18(2)22(28)11-10-19;1-2/h3-7,9-16,29H,8H2,1-2H3,(H,31,32)(H,30,33,34);1-2H3/b7-4-,29-13?;. The first-order valence-electron chi connectivity index (χ1n) is 11.8. The second-order valence-corrected chi connectivity index (χ2v) is 7.95. The third-order valence-electron chi connectivity index (χ3n) is 5.36. The molecule has 1 amide bonds. The van der Waals surface area contributed by atoms with E-state index < -0.39 is 0 Å². The second-order valence-electron chi connectivity index (χ2n) is 7.95. The smallest absolute Gasteiger partial charge is 0.256 e. The van der Waals surface area contributed by atoms with Gasteiger partial charge in [0.2, 0.25) is 0 Å². The fourth-order valence-corrected chi connectivity index (χ4v) is 3.57. The molecule has 0 atom stereocenters. The first-order valence-corrected chi connectivity index (χ1v) is 11.8. The van der Waals surface area contributed by atoms with E-state index in [4.69, 9.17) is 5.41 Å². The van der Waals surface area contributed by atoms with Crippen LogP contribution in [-0.4, -0.2) is 27.1 Å². The summed E-state index contributed by atoms with van der Waals surface area (Å²) in [4.78, 5) is 24.9. The van der Waals surface area contributed by atoms with Gasteiger partial charge < -0.3 is 15.7 Å². The van der Waals surface area contributed by atoms with Gasteiger partial charge in [-0.25, -0.2) is 14.4 Å². The number of hydrogen-bond donors (Lipinski definition) is 3. The molecule has 6 nitrogen and oxygen atoms in total. The van der Waals surface area contributed by atoms with Crippen LogP contribution in [0.3, 0.4) is 0 Å². The zero-order chi connectivity index (χ0) is 26.1. The fourth-order valence-electron chi connectivity index (χ4n) is 3.57. The van der Waals surface area contributed by atoms with E-state index >= 15 is 0 Å². The zero-order valence-electron chi connectivity index (χ0n) is 20.9. The van der Waals surface area contributed by atoms with E-state index in [-0.39, 0.29) is 11.7 Å². The highest BCUT2D eigenvalue weighted by Crippen LogP contribution is 2.32. The minimum Gasteiger partial charge on any atom is -0.338 e. The Morgan fingerprint density at radius 2 is 1.97 bits per heavy atom. The summed E-state index contributed by atoms with van der Waals surface area (Å²) in [5.41, 5.74) is 5.07. The molecule has 1 aromatic carbocycles. The van der Waals surface area contributed by atoms with Gasteiger partial charge in [0.05, 0.1) is 11.4 Å². The molecule has 4 rings (SSSR count). The van der Waals surface area contributed by atoms with Gasteiger partial charge in [0, 0.05) is 23.5 Å². The molecule has 3 aromatic rings. The van der Waals surface area contributed by atoms with Gasteiger partial charge in [-0.05, 0) is 73.9 Å². The average molecular weight is 484 g/mol. The molecule has 0 spiro atoms.